The van der Waals surface area contributed by atoms with E-state index in [2.05, 4.69) is 22.9 Å². The van der Waals surface area contributed by atoms with Crippen molar-refractivity contribution < 1.29 is 9.84 Å². The maximum Gasteiger partial charge on any atom is 0.120 e. The van der Waals surface area contributed by atoms with Gasteiger partial charge in [-0.25, -0.2) is 0 Å². The molecule has 0 heterocycles. The number of rotatable bonds is 6. The van der Waals surface area contributed by atoms with Gasteiger partial charge in [0.05, 0.1) is 0 Å². The molecule has 0 fully saturated rings. The lowest BCUT2D eigenvalue weighted by molar-refractivity contribution is 0.305. The van der Waals surface area contributed by atoms with Gasteiger partial charge in [-0.2, -0.15) is 0 Å². The van der Waals surface area contributed by atoms with E-state index in [0.717, 1.165) is 34.2 Å². The summed E-state index contributed by atoms with van der Waals surface area (Å²) < 4.78 is 6.84. The summed E-state index contributed by atoms with van der Waals surface area (Å²) in [5, 5.41) is 9.44. The molecule has 0 aliphatic rings. The highest BCUT2D eigenvalue weighted by Crippen LogP contribution is 2.25. The predicted octanol–water partition coefficient (Wildman–Crippen LogP) is 4.01. The average molecular weight is 350 g/mol. The third-order valence-electron chi connectivity index (χ3n) is 3.34. The number of nitrogens with two attached hydrogens (primary N) is 1. The van der Waals surface area contributed by atoms with Gasteiger partial charge in [0.15, 0.2) is 0 Å². The van der Waals surface area contributed by atoms with E-state index >= 15 is 0 Å². The van der Waals surface area contributed by atoms with Gasteiger partial charge in [0, 0.05) is 10.5 Å². The van der Waals surface area contributed by atoms with E-state index in [4.69, 9.17) is 10.5 Å². The van der Waals surface area contributed by atoms with Gasteiger partial charge in [0.1, 0.15) is 18.1 Å². The molecular weight excluding hydrogens is 330 g/mol. The predicted molar refractivity (Wildman–Crippen MR) is 88.6 cm³/mol. The number of benzene rings is 2. The fraction of sp³-hybridized carbons (Fsp3) is 0.294. The van der Waals surface area contributed by atoms with Gasteiger partial charge in [0.2, 0.25) is 0 Å². The molecule has 3 nitrogen and oxygen atoms in total. The Balaban J connectivity index is 2.05. The number of phenolic OH excluding ortho intramolecular Hbond substituents is 1. The lowest BCUT2D eigenvalue weighted by Crippen LogP contribution is -2.21. The minimum Gasteiger partial charge on any atom is -0.508 e. The minimum atomic E-state index is 0.155. The van der Waals surface area contributed by atoms with Crippen molar-refractivity contribution >= 4 is 15.9 Å². The summed E-state index contributed by atoms with van der Waals surface area (Å²) in [5.74, 6) is 1.06. The van der Waals surface area contributed by atoms with Crippen LogP contribution in [-0.4, -0.2) is 11.1 Å². The van der Waals surface area contributed by atoms with Crippen LogP contribution in [0.3, 0.4) is 0 Å². The van der Waals surface area contributed by atoms with E-state index in [0.29, 0.717) is 6.61 Å². The molecule has 21 heavy (non-hydrogen) atoms. The molecule has 1 unspecified atom stereocenters. The van der Waals surface area contributed by atoms with Gasteiger partial charge in [0.25, 0.3) is 0 Å². The maximum atomic E-state index is 9.44. The Morgan fingerprint density at radius 2 is 2.05 bits per heavy atom. The number of hydrogen-bond donors (Lipinski definition) is 2. The normalized spacial score (nSPS) is 12.1. The second-order valence-electron chi connectivity index (χ2n) is 5.08. The van der Waals surface area contributed by atoms with Crippen molar-refractivity contribution in [3.05, 3.63) is 58.1 Å². The van der Waals surface area contributed by atoms with Crippen LogP contribution in [-0.2, 0) is 13.0 Å². The van der Waals surface area contributed by atoms with Crippen LogP contribution in [0, 0.1) is 0 Å². The Morgan fingerprint density at radius 1 is 1.24 bits per heavy atom. The van der Waals surface area contributed by atoms with E-state index in [1.165, 1.54) is 0 Å². The van der Waals surface area contributed by atoms with Crippen molar-refractivity contribution in [2.24, 2.45) is 5.73 Å². The minimum absolute atomic E-state index is 0.155. The van der Waals surface area contributed by atoms with Gasteiger partial charge in [-0.3, -0.25) is 0 Å². The molecule has 4 heteroatoms. The zero-order valence-corrected chi connectivity index (χ0v) is 13.6. The zero-order valence-electron chi connectivity index (χ0n) is 12.1. The molecule has 0 bridgehead atoms. The Morgan fingerprint density at radius 3 is 2.76 bits per heavy atom. The van der Waals surface area contributed by atoms with E-state index in [9.17, 15) is 5.11 Å². The number of halogens is 1. The third-order valence-corrected chi connectivity index (χ3v) is 4.11. The lowest BCUT2D eigenvalue weighted by Gasteiger charge is -2.13. The molecule has 1 atom stereocenters. The first-order chi connectivity index (χ1) is 10.1. The van der Waals surface area contributed by atoms with Crippen molar-refractivity contribution in [3.63, 3.8) is 0 Å². The molecule has 0 spiro atoms. The van der Waals surface area contributed by atoms with Gasteiger partial charge in [-0.05, 0) is 54.3 Å². The van der Waals surface area contributed by atoms with E-state index in [1.54, 1.807) is 18.2 Å². The van der Waals surface area contributed by atoms with Crippen LogP contribution in [0.2, 0.25) is 0 Å². The van der Waals surface area contributed by atoms with Crippen LogP contribution in [0.15, 0.2) is 46.9 Å². The molecule has 0 saturated carbocycles. The first kappa shape index (κ1) is 15.9. The second-order valence-corrected chi connectivity index (χ2v) is 5.94. The van der Waals surface area contributed by atoms with E-state index < -0.39 is 0 Å². The third kappa shape index (κ3) is 4.76. The summed E-state index contributed by atoms with van der Waals surface area (Å²) in [6.07, 6.45) is 1.77. The maximum absolute atomic E-state index is 9.44. The number of hydrogen-bond acceptors (Lipinski definition) is 3. The van der Waals surface area contributed by atoms with E-state index in [1.807, 2.05) is 24.3 Å². The largest absolute Gasteiger partial charge is 0.508 e. The Labute approximate surface area is 133 Å². The molecule has 0 aromatic heterocycles. The molecule has 2 aromatic carbocycles. The van der Waals surface area contributed by atoms with Crippen LogP contribution >= 0.6 is 15.9 Å². The highest BCUT2D eigenvalue weighted by Gasteiger charge is 2.07. The van der Waals surface area contributed by atoms with Crippen molar-refractivity contribution in [2.45, 2.75) is 32.4 Å². The molecule has 0 radical (unpaired) electrons. The van der Waals surface area contributed by atoms with Crippen molar-refractivity contribution in [3.8, 4) is 11.5 Å². The first-order valence-corrected chi connectivity index (χ1v) is 7.82. The van der Waals surface area contributed by atoms with E-state index in [-0.39, 0.29) is 11.8 Å². The van der Waals surface area contributed by atoms with Crippen LogP contribution in [0.1, 0.15) is 24.5 Å². The molecule has 0 saturated heterocycles. The second kappa shape index (κ2) is 7.48. The standard InChI is InChI=1S/C17H20BrNO2/c1-2-14(19)9-13-10-16(6-7-17(13)18)21-11-12-4-3-5-15(20)8-12/h3-8,10,14,20H,2,9,11,19H2,1H3. The van der Waals surface area contributed by atoms with Crippen molar-refractivity contribution in [2.75, 3.05) is 0 Å². The number of aromatic hydroxyl groups is 1. The molecule has 0 amide bonds. The van der Waals surface area contributed by atoms with Gasteiger partial charge >= 0.3 is 0 Å². The van der Waals surface area contributed by atoms with Crippen LogP contribution in [0.4, 0.5) is 0 Å². The van der Waals surface area contributed by atoms with Crippen LogP contribution in [0.25, 0.3) is 0 Å². The smallest absolute Gasteiger partial charge is 0.120 e. The summed E-state index contributed by atoms with van der Waals surface area (Å²) in [6, 6.07) is 13.2. The molecule has 0 aliphatic carbocycles. The Bertz CT molecular complexity index is 601. The zero-order chi connectivity index (χ0) is 15.2. The SMILES string of the molecule is CCC(N)Cc1cc(OCc2cccc(O)c2)ccc1Br. The molecule has 3 N–H and O–H groups in total. The fourth-order valence-corrected chi connectivity index (χ4v) is 2.45. The highest BCUT2D eigenvalue weighted by molar-refractivity contribution is 9.10. The van der Waals surface area contributed by atoms with Crippen molar-refractivity contribution in [1.82, 2.24) is 0 Å². The summed E-state index contributed by atoms with van der Waals surface area (Å²) in [6.45, 7) is 2.51. The van der Waals surface area contributed by atoms with Crippen LogP contribution in [0.5, 0.6) is 11.5 Å². The highest BCUT2D eigenvalue weighted by atomic mass is 79.9. The topological polar surface area (TPSA) is 55.5 Å². The van der Waals surface area contributed by atoms with Crippen LogP contribution < -0.4 is 10.5 Å². The molecule has 2 rings (SSSR count). The summed E-state index contributed by atoms with van der Waals surface area (Å²) in [5.41, 5.74) is 8.10. The van der Waals surface area contributed by atoms with Gasteiger partial charge < -0.3 is 15.6 Å². The molecule has 112 valence electrons. The summed E-state index contributed by atoms with van der Waals surface area (Å²) in [7, 11) is 0. The Kier molecular flexibility index (Phi) is 5.65. The number of phenols is 1. The Hall–Kier alpha value is -1.52. The van der Waals surface area contributed by atoms with Crippen molar-refractivity contribution in [1.29, 1.82) is 0 Å². The average Bonchev–Trinajstić information content (AvgIpc) is 2.48. The quantitative estimate of drug-likeness (QED) is 0.828. The van der Waals surface area contributed by atoms with Gasteiger partial charge in [-0.15, -0.1) is 0 Å². The van der Waals surface area contributed by atoms with Gasteiger partial charge in [-0.1, -0.05) is 35.0 Å². The first-order valence-electron chi connectivity index (χ1n) is 7.03. The molecule has 0 aliphatic heterocycles. The number of ether oxygens (including phenoxy) is 1. The molecule has 2 aromatic rings. The fourth-order valence-electron chi connectivity index (χ4n) is 2.04. The summed E-state index contributed by atoms with van der Waals surface area (Å²) >= 11 is 3.55. The lowest BCUT2D eigenvalue weighted by atomic mass is 10.0. The summed E-state index contributed by atoms with van der Waals surface area (Å²) in [4.78, 5) is 0. The monoisotopic (exact) mass is 349 g/mol. The molecular formula is C17H20BrNO2.